The fourth-order valence-electron chi connectivity index (χ4n) is 3.68. The maximum Gasteiger partial charge on any atom is 0.408 e. The summed E-state index contributed by atoms with van der Waals surface area (Å²) >= 11 is 0. The number of rotatable bonds is 11. The fourth-order valence-corrected chi connectivity index (χ4v) is 3.68. The second-order valence-corrected chi connectivity index (χ2v) is 8.78. The van der Waals surface area contributed by atoms with Crippen LogP contribution in [0.3, 0.4) is 0 Å². The van der Waals surface area contributed by atoms with Crippen molar-refractivity contribution in [3.05, 3.63) is 90.0 Å². The number of carboxylic acid groups (broad SMARTS) is 1. The molecule has 0 spiro atoms. The maximum atomic E-state index is 12.1. The molecule has 0 aromatic heterocycles. The molecule has 3 aromatic carbocycles. The van der Waals surface area contributed by atoms with E-state index in [0.717, 1.165) is 35.1 Å². The van der Waals surface area contributed by atoms with Crippen LogP contribution < -0.4 is 16.0 Å². The molecule has 2 amide bonds. The first-order valence-corrected chi connectivity index (χ1v) is 11.9. The Balaban J connectivity index is 1.32. The van der Waals surface area contributed by atoms with Crippen molar-refractivity contribution in [2.45, 2.75) is 38.0 Å². The second-order valence-electron chi connectivity index (χ2n) is 8.78. The van der Waals surface area contributed by atoms with E-state index in [0.29, 0.717) is 18.3 Å². The molecule has 0 saturated heterocycles. The molecule has 186 valence electrons. The number of ether oxygens (including phenoxy) is 1. The lowest BCUT2D eigenvalue weighted by Crippen LogP contribution is -2.42. The summed E-state index contributed by atoms with van der Waals surface area (Å²) in [7, 11) is 0. The number of hydrogen-bond acceptors (Lipinski definition) is 5. The summed E-state index contributed by atoms with van der Waals surface area (Å²) < 4.78 is 5.14. The number of hydrogen-bond donors (Lipinski definition) is 4. The van der Waals surface area contributed by atoms with Gasteiger partial charge in [-0.05, 0) is 47.2 Å². The van der Waals surface area contributed by atoms with Gasteiger partial charge in [0.2, 0.25) is 5.91 Å². The van der Waals surface area contributed by atoms with Crippen molar-refractivity contribution in [2.75, 3.05) is 11.9 Å². The van der Waals surface area contributed by atoms with Crippen LogP contribution >= 0.6 is 0 Å². The van der Waals surface area contributed by atoms with E-state index in [9.17, 15) is 19.5 Å². The van der Waals surface area contributed by atoms with E-state index in [1.165, 1.54) is 0 Å². The van der Waals surface area contributed by atoms with Gasteiger partial charge in [0.1, 0.15) is 12.6 Å². The molecule has 4 rings (SSSR count). The van der Waals surface area contributed by atoms with E-state index in [2.05, 4.69) is 16.0 Å². The highest BCUT2D eigenvalue weighted by Gasteiger charge is 2.22. The molecule has 1 aliphatic carbocycles. The summed E-state index contributed by atoms with van der Waals surface area (Å²) in [5, 5.41) is 18.1. The van der Waals surface area contributed by atoms with Gasteiger partial charge in [-0.3, -0.25) is 4.79 Å². The van der Waals surface area contributed by atoms with Gasteiger partial charge < -0.3 is 25.8 Å². The third-order valence-corrected chi connectivity index (χ3v) is 5.81. The Labute approximate surface area is 209 Å². The minimum Gasteiger partial charge on any atom is -0.480 e. The van der Waals surface area contributed by atoms with E-state index in [1.807, 2.05) is 78.9 Å². The van der Waals surface area contributed by atoms with Gasteiger partial charge >= 0.3 is 12.1 Å². The van der Waals surface area contributed by atoms with Crippen LogP contribution in [0.15, 0.2) is 78.9 Å². The lowest BCUT2D eigenvalue weighted by molar-refractivity contribution is -0.139. The minimum atomic E-state index is -1.14. The molecular weight excluding hydrogens is 458 g/mol. The summed E-state index contributed by atoms with van der Waals surface area (Å²) in [5.74, 6) is -1.22. The summed E-state index contributed by atoms with van der Waals surface area (Å²) in [6.07, 6.45) is 1.58. The van der Waals surface area contributed by atoms with Gasteiger partial charge in [-0.25, -0.2) is 9.59 Å². The maximum absolute atomic E-state index is 12.1. The molecule has 0 heterocycles. The minimum absolute atomic E-state index is 0.0598. The Morgan fingerprint density at radius 3 is 2.33 bits per heavy atom. The largest absolute Gasteiger partial charge is 0.480 e. The number of aliphatic carboxylic acids is 1. The number of nitrogens with one attached hydrogen (secondary N) is 3. The zero-order chi connectivity index (χ0) is 25.3. The third kappa shape index (κ3) is 7.68. The van der Waals surface area contributed by atoms with E-state index in [-0.39, 0.29) is 18.9 Å². The lowest BCUT2D eigenvalue weighted by atomic mass is 10.0. The Morgan fingerprint density at radius 1 is 0.889 bits per heavy atom. The van der Waals surface area contributed by atoms with Crippen molar-refractivity contribution in [2.24, 2.45) is 0 Å². The molecule has 36 heavy (non-hydrogen) atoms. The van der Waals surface area contributed by atoms with Gasteiger partial charge in [0.25, 0.3) is 0 Å². The molecule has 0 unspecified atom stereocenters. The zero-order valence-electron chi connectivity index (χ0n) is 19.8. The van der Waals surface area contributed by atoms with Crippen LogP contribution in [0.5, 0.6) is 0 Å². The Morgan fingerprint density at radius 2 is 1.64 bits per heavy atom. The van der Waals surface area contributed by atoms with Crippen LogP contribution in [-0.2, 0) is 27.4 Å². The zero-order valence-corrected chi connectivity index (χ0v) is 19.8. The average molecular weight is 488 g/mol. The van der Waals surface area contributed by atoms with Crippen molar-refractivity contribution in [3.8, 4) is 11.1 Å². The first-order valence-electron chi connectivity index (χ1n) is 11.9. The Bertz CT molecular complexity index is 1190. The quantitative estimate of drug-likeness (QED) is 0.325. The molecule has 0 bridgehead atoms. The van der Waals surface area contributed by atoms with Gasteiger partial charge in [-0.15, -0.1) is 0 Å². The SMILES string of the molecule is O=C(CNC1CC1)Nc1cccc(-c2ccc(C[C@H](NC(=O)OCc3ccccc3)C(=O)O)cc2)c1. The number of carbonyl (C=O) groups excluding carboxylic acids is 2. The van der Waals surface area contributed by atoms with Gasteiger partial charge in [0, 0.05) is 18.2 Å². The number of alkyl carbamates (subject to hydrolysis) is 1. The van der Waals surface area contributed by atoms with Crippen LogP contribution in [0.25, 0.3) is 11.1 Å². The molecule has 0 radical (unpaired) electrons. The monoisotopic (exact) mass is 487 g/mol. The summed E-state index contributed by atoms with van der Waals surface area (Å²) in [6.45, 7) is 0.354. The van der Waals surface area contributed by atoms with E-state index in [1.54, 1.807) is 0 Å². The van der Waals surface area contributed by atoms with Crippen LogP contribution in [-0.4, -0.2) is 41.7 Å². The summed E-state index contributed by atoms with van der Waals surface area (Å²) in [5.41, 5.74) is 4.13. The molecular formula is C28H29N3O5. The predicted octanol–water partition coefficient (Wildman–Crippen LogP) is 3.97. The van der Waals surface area contributed by atoms with Crippen molar-refractivity contribution < 1.29 is 24.2 Å². The highest BCUT2D eigenvalue weighted by Crippen LogP contribution is 2.24. The van der Waals surface area contributed by atoms with Crippen molar-refractivity contribution >= 4 is 23.7 Å². The van der Waals surface area contributed by atoms with Crippen LogP contribution in [0, 0.1) is 0 Å². The molecule has 8 heteroatoms. The molecule has 4 N–H and O–H groups in total. The number of carbonyl (C=O) groups is 3. The van der Waals surface area contributed by atoms with Crippen LogP contribution in [0.1, 0.15) is 24.0 Å². The average Bonchev–Trinajstić information content (AvgIpc) is 3.72. The molecule has 1 saturated carbocycles. The van der Waals surface area contributed by atoms with E-state index in [4.69, 9.17) is 4.74 Å². The number of anilines is 1. The van der Waals surface area contributed by atoms with Crippen LogP contribution in [0.2, 0.25) is 0 Å². The Kier molecular flexibility index (Phi) is 8.31. The van der Waals surface area contributed by atoms with Crippen LogP contribution in [0.4, 0.5) is 10.5 Å². The lowest BCUT2D eigenvalue weighted by Gasteiger charge is -2.15. The number of amides is 2. The van der Waals surface area contributed by atoms with Gasteiger partial charge in [-0.1, -0.05) is 66.7 Å². The highest BCUT2D eigenvalue weighted by molar-refractivity contribution is 5.93. The van der Waals surface area contributed by atoms with Gasteiger partial charge in [-0.2, -0.15) is 0 Å². The van der Waals surface area contributed by atoms with E-state index < -0.39 is 18.1 Å². The van der Waals surface area contributed by atoms with Gasteiger partial charge in [0.05, 0.1) is 6.54 Å². The highest BCUT2D eigenvalue weighted by atomic mass is 16.5. The van der Waals surface area contributed by atoms with E-state index >= 15 is 0 Å². The smallest absolute Gasteiger partial charge is 0.408 e. The standard InChI is InChI=1S/C28H29N3O5/c32-26(17-29-23-13-14-23)30-24-8-4-7-22(16-24)21-11-9-19(10-12-21)15-25(27(33)34)31-28(35)36-18-20-5-2-1-3-6-20/h1-12,16,23,25,29H,13-15,17-18H2,(H,30,32)(H,31,35)(H,33,34)/t25-/m0/s1. The second kappa shape index (κ2) is 12.0. The normalized spacial score (nSPS) is 13.4. The third-order valence-electron chi connectivity index (χ3n) is 5.81. The van der Waals surface area contributed by atoms with Crippen molar-refractivity contribution in [1.82, 2.24) is 10.6 Å². The van der Waals surface area contributed by atoms with Crippen molar-refractivity contribution in [3.63, 3.8) is 0 Å². The summed E-state index contributed by atoms with van der Waals surface area (Å²) in [6, 6.07) is 23.5. The molecule has 0 aliphatic heterocycles. The molecule has 8 nitrogen and oxygen atoms in total. The fraction of sp³-hybridized carbons (Fsp3) is 0.250. The molecule has 1 fully saturated rings. The number of benzene rings is 3. The topological polar surface area (TPSA) is 117 Å². The van der Waals surface area contributed by atoms with Crippen molar-refractivity contribution in [1.29, 1.82) is 0 Å². The van der Waals surface area contributed by atoms with Gasteiger partial charge in [0.15, 0.2) is 0 Å². The predicted molar refractivity (Wildman–Crippen MR) is 136 cm³/mol. The molecule has 1 aliphatic rings. The first-order chi connectivity index (χ1) is 17.5. The summed E-state index contributed by atoms with van der Waals surface area (Å²) in [4.78, 5) is 35.9. The molecule has 3 aromatic rings. The number of carboxylic acids is 1. The Hall–Kier alpha value is -4.17. The molecule has 1 atom stereocenters. The first kappa shape index (κ1) is 24.9.